The van der Waals surface area contributed by atoms with E-state index in [1.54, 1.807) is 12.1 Å². The summed E-state index contributed by atoms with van der Waals surface area (Å²) in [6.45, 7) is 2.10. The number of hydrogen-bond donors (Lipinski definition) is 0. The molecule has 0 bridgehead atoms. The largest absolute Gasteiger partial charge is 0.321 e. The van der Waals surface area contributed by atoms with Crippen LogP contribution in [0.25, 0.3) is 11.0 Å². The van der Waals surface area contributed by atoms with Crippen LogP contribution in [-0.4, -0.2) is 15.4 Å². The van der Waals surface area contributed by atoms with Gasteiger partial charge in [0, 0.05) is 12.3 Å². The van der Waals surface area contributed by atoms with Crippen molar-refractivity contribution in [1.82, 2.24) is 9.55 Å². The number of aryl methyl sites for hydroxylation is 1. The van der Waals surface area contributed by atoms with E-state index in [4.69, 9.17) is 11.6 Å². The molecule has 2 nitrogen and oxygen atoms in total. The zero-order chi connectivity index (χ0) is 14.8. The summed E-state index contributed by atoms with van der Waals surface area (Å²) in [5.74, 6) is 1.14. The Balaban J connectivity index is 2.18. The third-order valence-corrected chi connectivity index (χ3v) is 3.90. The molecule has 0 N–H and O–H groups in total. The molecule has 0 amide bonds. The molecule has 0 spiro atoms. The highest BCUT2D eigenvalue weighted by atomic mass is 35.5. The normalized spacial score (nSPS) is 12.7. The van der Waals surface area contributed by atoms with Crippen molar-refractivity contribution in [2.75, 3.05) is 5.88 Å². The van der Waals surface area contributed by atoms with Crippen molar-refractivity contribution >= 4 is 22.6 Å². The molecule has 4 heteroatoms. The first-order chi connectivity index (χ1) is 10.2. The van der Waals surface area contributed by atoms with Gasteiger partial charge in [-0.1, -0.05) is 30.3 Å². The number of alkyl halides is 1. The SMILES string of the molecule is CC(c1ccccc1)n1c(CCCl)nc2ccc(F)cc21. The number of benzene rings is 2. The van der Waals surface area contributed by atoms with Gasteiger partial charge in [-0.05, 0) is 30.7 Å². The lowest BCUT2D eigenvalue weighted by Gasteiger charge is -2.18. The van der Waals surface area contributed by atoms with Crippen LogP contribution in [-0.2, 0) is 6.42 Å². The van der Waals surface area contributed by atoms with Gasteiger partial charge in [-0.3, -0.25) is 0 Å². The van der Waals surface area contributed by atoms with Crippen LogP contribution in [0.5, 0.6) is 0 Å². The molecule has 0 aliphatic carbocycles. The second kappa shape index (κ2) is 5.86. The van der Waals surface area contributed by atoms with E-state index in [9.17, 15) is 4.39 Å². The van der Waals surface area contributed by atoms with Crippen molar-refractivity contribution < 1.29 is 4.39 Å². The minimum Gasteiger partial charge on any atom is -0.321 e. The van der Waals surface area contributed by atoms with E-state index in [-0.39, 0.29) is 11.9 Å². The van der Waals surface area contributed by atoms with Crippen LogP contribution in [0, 0.1) is 5.82 Å². The van der Waals surface area contributed by atoms with Crippen LogP contribution in [0.3, 0.4) is 0 Å². The molecule has 3 rings (SSSR count). The van der Waals surface area contributed by atoms with Gasteiger partial charge in [-0.2, -0.15) is 0 Å². The van der Waals surface area contributed by atoms with Crippen molar-refractivity contribution in [2.45, 2.75) is 19.4 Å². The highest BCUT2D eigenvalue weighted by Gasteiger charge is 2.17. The third-order valence-electron chi connectivity index (χ3n) is 3.71. The zero-order valence-corrected chi connectivity index (χ0v) is 12.5. The van der Waals surface area contributed by atoms with Crippen LogP contribution < -0.4 is 0 Å². The number of fused-ring (bicyclic) bond motifs is 1. The molecule has 0 aliphatic rings. The molecule has 3 aromatic rings. The predicted molar refractivity (Wildman–Crippen MR) is 84.4 cm³/mol. The van der Waals surface area contributed by atoms with Gasteiger partial charge in [0.05, 0.1) is 17.1 Å². The Bertz CT molecular complexity index is 752. The van der Waals surface area contributed by atoms with Crippen molar-refractivity contribution in [1.29, 1.82) is 0 Å². The molecule has 108 valence electrons. The van der Waals surface area contributed by atoms with Gasteiger partial charge in [-0.25, -0.2) is 9.37 Å². The highest BCUT2D eigenvalue weighted by Crippen LogP contribution is 2.27. The average Bonchev–Trinajstić information content (AvgIpc) is 2.85. The Morgan fingerprint density at radius 1 is 1.19 bits per heavy atom. The van der Waals surface area contributed by atoms with Crippen LogP contribution >= 0.6 is 11.6 Å². The number of nitrogens with zero attached hydrogens (tertiary/aromatic N) is 2. The van der Waals surface area contributed by atoms with E-state index in [1.165, 1.54) is 6.07 Å². The lowest BCUT2D eigenvalue weighted by atomic mass is 10.1. The van der Waals surface area contributed by atoms with Gasteiger partial charge >= 0.3 is 0 Å². The molecule has 0 aliphatic heterocycles. The maximum atomic E-state index is 13.6. The molecule has 0 saturated heterocycles. The number of aromatic nitrogens is 2. The fourth-order valence-electron chi connectivity index (χ4n) is 2.69. The maximum absolute atomic E-state index is 13.6. The van der Waals surface area contributed by atoms with Gasteiger partial charge in [0.25, 0.3) is 0 Å². The molecule has 21 heavy (non-hydrogen) atoms. The predicted octanol–water partition coefficient (Wildman–Crippen LogP) is 4.57. The summed E-state index contributed by atoms with van der Waals surface area (Å²) < 4.78 is 15.7. The summed E-state index contributed by atoms with van der Waals surface area (Å²) in [6.07, 6.45) is 0.662. The van der Waals surface area contributed by atoms with E-state index in [0.29, 0.717) is 12.3 Å². The lowest BCUT2D eigenvalue weighted by Crippen LogP contribution is -2.11. The first-order valence-electron chi connectivity index (χ1n) is 6.98. The molecule has 0 saturated carbocycles. The van der Waals surface area contributed by atoms with E-state index >= 15 is 0 Å². The summed E-state index contributed by atoms with van der Waals surface area (Å²) in [4.78, 5) is 4.60. The number of rotatable bonds is 4. The molecule has 1 unspecified atom stereocenters. The van der Waals surface area contributed by atoms with Crippen molar-refractivity contribution in [3.05, 3.63) is 65.7 Å². The molecule has 0 fully saturated rings. The Morgan fingerprint density at radius 3 is 2.67 bits per heavy atom. The van der Waals surface area contributed by atoms with E-state index < -0.39 is 0 Å². The topological polar surface area (TPSA) is 17.8 Å². The van der Waals surface area contributed by atoms with Crippen LogP contribution in [0.2, 0.25) is 0 Å². The second-order valence-corrected chi connectivity index (χ2v) is 5.43. The van der Waals surface area contributed by atoms with E-state index in [1.807, 2.05) is 18.2 Å². The molecular formula is C17H16ClFN2. The maximum Gasteiger partial charge on any atom is 0.125 e. The molecule has 1 heterocycles. The Labute approximate surface area is 128 Å². The van der Waals surface area contributed by atoms with Crippen LogP contribution in [0.4, 0.5) is 4.39 Å². The summed E-state index contributed by atoms with van der Waals surface area (Å²) in [6, 6.07) is 14.9. The Morgan fingerprint density at radius 2 is 1.95 bits per heavy atom. The minimum atomic E-state index is -0.249. The van der Waals surface area contributed by atoms with E-state index in [2.05, 4.69) is 28.6 Å². The van der Waals surface area contributed by atoms with Gasteiger partial charge in [-0.15, -0.1) is 11.6 Å². The molecule has 2 aromatic carbocycles. The Kier molecular flexibility index (Phi) is 3.93. The fraction of sp³-hybridized carbons (Fsp3) is 0.235. The van der Waals surface area contributed by atoms with Crippen LogP contribution in [0.1, 0.15) is 24.4 Å². The highest BCUT2D eigenvalue weighted by molar-refractivity contribution is 6.17. The smallest absolute Gasteiger partial charge is 0.125 e. The summed E-state index contributed by atoms with van der Waals surface area (Å²) in [7, 11) is 0. The first-order valence-corrected chi connectivity index (χ1v) is 7.51. The average molecular weight is 303 g/mol. The lowest BCUT2D eigenvalue weighted by molar-refractivity contribution is 0.613. The molecular weight excluding hydrogens is 287 g/mol. The van der Waals surface area contributed by atoms with Gasteiger partial charge in [0.1, 0.15) is 11.6 Å². The Hall–Kier alpha value is -1.87. The van der Waals surface area contributed by atoms with Crippen LogP contribution in [0.15, 0.2) is 48.5 Å². The fourth-order valence-corrected chi connectivity index (χ4v) is 2.86. The third kappa shape index (κ3) is 2.66. The van der Waals surface area contributed by atoms with E-state index in [0.717, 1.165) is 22.4 Å². The monoisotopic (exact) mass is 302 g/mol. The first kappa shape index (κ1) is 14.1. The van der Waals surface area contributed by atoms with Gasteiger partial charge < -0.3 is 4.57 Å². The van der Waals surface area contributed by atoms with Gasteiger partial charge in [0.2, 0.25) is 0 Å². The van der Waals surface area contributed by atoms with Gasteiger partial charge in [0.15, 0.2) is 0 Å². The molecule has 1 atom stereocenters. The summed E-state index contributed by atoms with van der Waals surface area (Å²) in [5, 5.41) is 0. The standard InChI is InChI=1S/C17H16ClFN2/c1-12(13-5-3-2-4-6-13)21-16-11-14(19)7-8-15(16)20-17(21)9-10-18/h2-8,11-12H,9-10H2,1H3. The quantitative estimate of drug-likeness (QED) is 0.646. The van der Waals surface area contributed by atoms with Crippen molar-refractivity contribution in [3.8, 4) is 0 Å². The summed E-state index contributed by atoms with van der Waals surface area (Å²) in [5.41, 5.74) is 2.78. The molecule has 1 aromatic heterocycles. The summed E-state index contributed by atoms with van der Waals surface area (Å²) >= 11 is 5.89. The second-order valence-electron chi connectivity index (χ2n) is 5.06. The minimum absolute atomic E-state index is 0.0798. The number of halogens is 2. The zero-order valence-electron chi connectivity index (χ0n) is 11.8. The van der Waals surface area contributed by atoms with Crippen molar-refractivity contribution in [2.24, 2.45) is 0 Å². The number of hydrogen-bond acceptors (Lipinski definition) is 1. The van der Waals surface area contributed by atoms with Crippen molar-refractivity contribution in [3.63, 3.8) is 0 Å². The molecule has 0 radical (unpaired) electrons. The number of imidazole rings is 1.